The second kappa shape index (κ2) is 10.4. The predicted molar refractivity (Wildman–Crippen MR) is 111 cm³/mol. The van der Waals surface area contributed by atoms with Gasteiger partial charge in [0, 0.05) is 30.9 Å². The zero-order valence-corrected chi connectivity index (χ0v) is 16.4. The lowest BCUT2D eigenvalue weighted by Gasteiger charge is -2.22. The number of nitrogens with one attached hydrogen (secondary N) is 2. The summed E-state index contributed by atoms with van der Waals surface area (Å²) in [5.41, 5.74) is 4.03. The number of hydrogen-bond donors (Lipinski definition) is 2. The van der Waals surface area contributed by atoms with E-state index in [1.54, 1.807) is 0 Å². The molecule has 5 nitrogen and oxygen atoms in total. The minimum atomic E-state index is -0.221. The van der Waals surface area contributed by atoms with E-state index in [1.807, 2.05) is 49.4 Å². The maximum Gasteiger partial charge on any atom is 0.243 e. The molecule has 2 amide bonds. The van der Waals surface area contributed by atoms with Crippen LogP contribution in [0.2, 0.25) is 0 Å². The molecule has 27 heavy (non-hydrogen) atoms. The van der Waals surface area contributed by atoms with Gasteiger partial charge >= 0.3 is 0 Å². The molecule has 2 rings (SSSR count). The molecule has 0 spiro atoms. The van der Waals surface area contributed by atoms with E-state index in [2.05, 4.69) is 35.4 Å². The number of rotatable bonds is 9. The van der Waals surface area contributed by atoms with Crippen LogP contribution in [0.15, 0.2) is 48.5 Å². The van der Waals surface area contributed by atoms with Crippen molar-refractivity contribution in [1.82, 2.24) is 5.32 Å². The Morgan fingerprint density at radius 2 is 1.67 bits per heavy atom. The van der Waals surface area contributed by atoms with Crippen LogP contribution in [-0.2, 0) is 16.0 Å². The Bertz CT molecular complexity index is 755. The molecule has 0 bridgehead atoms. The zero-order valence-electron chi connectivity index (χ0n) is 16.4. The number of hydrogen-bond acceptors (Lipinski definition) is 3. The maximum atomic E-state index is 12.1. The fourth-order valence-corrected chi connectivity index (χ4v) is 2.94. The fourth-order valence-electron chi connectivity index (χ4n) is 2.94. The van der Waals surface area contributed by atoms with Gasteiger partial charge < -0.3 is 15.5 Å². The molecule has 0 fully saturated rings. The Kier molecular flexibility index (Phi) is 7.86. The summed E-state index contributed by atoms with van der Waals surface area (Å²) in [6.07, 6.45) is 1.04. The summed E-state index contributed by atoms with van der Waals surface area (Å²) in [7, 11) is 0. The monoisotopic (exact) mass is 367 g/mol. The van der Waals surface area contributed by atoms with Crippen molar-refractivity contribution in [1.29, 1.82) is 0 Å². The number of carbonyl (C=O) groups excluding carboxylic acids is 2. The van der Waals surface area contributed by atoms with Gasteiger partial charge in [0.25, 0.3) is 0 Å². The third kappa shape index (κ3) is 6.44. The maximum absolute atomic E-state index is 12.1. The van der Waals surface area contributed by atoms with Crippen LogP contribution >= 0.6 is 0 Å². The first kappa shape index (κ1) is 20.5. The molecule has 2 aromatic carbocycles. The Morgan fingerprint density at radius 1 is 0.963 bits per heavy atom. The summed E-state index contributed by atoms with van der Waals surface area (Å²) in [4.78, 5) is 26.3. The van der Waals surface area contributed by atoms with Gasteiger partial charge in [-0.05, 0) is 56.5 Å². The highest BCUT2D eigenvalue weighted by atomic mass is 16.2. The van der Waals surface area contributed by atoms with Crippen molar-refractivity contribution in [3.63, 3.8) is 0 Å². The van der Waals surface area contributed by atoms with Crippen LogP contribution < -0.4 is 15.5 Å². The van der Waals surface area contributed by atoms with Crippen LogP contribution in [0, 0.1) is 6.92 Å². The molecule has 144 valence electrons. The van der Waals surface area contributed by atoms with Crippen LogP contribution in [0.3, 0.4) is 0 Å². The standard InChI is InChI=1S/C22H29N3O2/c1-4-25(5-2)19-12-13-20(17(3)15-19)24-22(27)16-23-21(26)14-11-18-9-7-6-8-10-18/h6-10,12-13,15H,4-5,11,14,16H2,1-3H3,(H,23,26)(H,24,27). The van der Waals surface area contributed by atoms with Crippen molar-refractivity contribution in [2.45, 2.75) is 33.6 Å². The van der Waals surface area contributed by atoms with Gasteiger partial charge in [-0.15, -0.1) is 0 Å². The van der Waals surface area contributed by atoms with Crippen LogP contribution in [0.1, 0.15) is 31.4 Å². The second-order valence-corrected chi connectivity index (χ2v) is 6.48. The van der Waals surface area contributed by atoms with Crippen molar-refractivity contribution >= 4 is 23.2 Å². The van der Waals surface area contributed by atoms with Crippen molar-refractivity contribution < 1.29 is 9.59 Å². The Balaban J connectivity index is 1.80. The van der Waals surface area contributed by atoms with E-state index in [1.165, 1.54) is 0 Å². The molecular formula is C22H29N3O2. The highest BCUT2D eigenvalue weighted by molar-refractivity contribution is 5.95. The normalized spacial score (nSPS) is 10.3. The number of benzene rings is 2. The lowest BCUT2D eigenvalue weighted by molar-refractivity contribution is -0.124. The third-order valence-corrected chi connectivity index (χ3v) is 4.54. The van der Waals surface area contributed by atoms with Crippen molar-refractivity contribution in [3.05, 3.63) is 59.7 Å². The van der Waals surface area contributed by atoms with E-state index >= 15 is 0 Å². The van der Waals surface area contributed by atoms with Gasteiger partial charge in [0.1, 0.15) is 0 Å². The molecule has 0 aliphatic heterocycles. The first-order valence-corrected chi connectivity index (χ1v) is 9.49. The largest absolute Gasteiger partial charge is 0.372 e. The number of aryl methyl sites for hydroxylation is 2. The average molecular weight is 367 g/mol. The van der Waals surface area contributed by atoms with Crippen molar-refractivity contribution in [2.75, 3.05) is 29.9 Å². The topological polar surface area (TPSA) is 61.4 Å². The van der Waals surface area contributed by atoms with E-state index in [-0.39, 0.29) is 18.4 Å². The molecule has 5 heteroatoms. The van der Waals surface area contributed by atoms with Crippen molar-refractivity contribution in [2.24, 2.45) is 0 Å². The molecular weight excluding hydrogens is 338 g/mol. The van der Waals surface area contributed by atoms with E-state index in [9.17, 15) is 9.59 Å². The van der Waals surface area contributed by atoms with E-state index in [0.717, 1.165) is 35.6 Å². The van der Waals surface area contributed by atoms with E-state index in [4.69, 9.17) is 0 Å². The molecule has 2 N–H and O–H groups in total. The molecule has 0 unspecified atom stereocenters. The number of anilines is 2. The molecule has 0 atom stereocenters. The average Bonchev–Trinajstić information content (AvgIpc) is 2.68. The molecule has 0 saturated carbocycles. The summed E-state index contributed by atoms with van der Waals surface area (Å²) in [5, 5.41) is 5.55. The molecule has 0 radical (unpaired) electrons. The predicted octanol–water partition coefficient (Wildman–Crippen LogP) is 3.53. The second-order valence-electron chi connectivity index (χ2n) is 6.48. The summed E-state index contributed by atoms with van der Waals surface area (Å²) in [6, 6.07) is 15.8. The Morgan fingerprint density at radius 3 is 2.30 bits per heavy atom. The SMILES string of the molecule is CCN(CC)c1ccc(NC(=O)CNC(=O)CCc2ccccc2)c(C)c1. The van der Waals surface area contributed by atoms with Crippen LogP contribution in [0.5, 0.6) is 0 Å². The summed E-state index contributed by atoms with van der Waals surface area (Å²) >= 11 is 0. The van der Waals surface area contributed by atoms with Crippen LogP contribution in [-0.4, -0.2) is 31.4 Å². The molecule has 0 aromatic heterocycles. The van der Waals surface area contributed by atoms with Gasteiger partial charge in [-0.3, -0.25) is 9.59 Å². The van der Waals surface area contributed by atoms with E-state index in [0.29, 0.717) is 12.8 Å². The number of carbonyl (C=O) groups is 2. The number of amides is 2. The minimum Gasteiger partial charge on any atom is -0.372 e. The summed E-state index contributed by atoms with van der Waals surface area (Å²) in [5.74, 6) is -0.343. The first-order valence-electron chi connectivity index (χ1n) is 9.49. The Labute approximate surface area is 161 Å². The highest BCUT2D eigenvalue weighted by Gasteiger charge is 2.09. The smallest absolute Gasteiger partial charge is 0.243 e. The minimum absolute atomic E-state index is 0.0230. The number of nitrogens with zero attached hydrogens (tertiary/aromatic N) is 1. The van der Waals surface area contributed by atoms with Gasteiger partial charge in [0.05, 0.1) is 6.54 Å². The third-order valence-electron chi connectivity index (χ3n) is 4.54. The van der Waals surface area contributed by atoms with Crippen LogP contribution in [0.4, 0.5) is 11.4 Å². The lowest BCUT2D eigenvalue weighted by Crippen LogP contribution is -2.33. The molecule has 2 aromatic rings. The quantitative estimate of drug-likeness (QED) is 0.713. The van der Waals surface area contributed by atoms with Gasteiger partial charge in [-0.2, -0.15) is 0 Å². The van der Waals surface area contributed by atoms with Gasteiger partial charge in [0.15, 0.2) is 0 Å². The Hall–Kier alpha value is -2.82. The summed E-state index contributed by atoms with van der Waals surface area (Å²) < 4.78 is 0. The molecule has 0 saturated heterocycles. The molecule has 0 aliphatic carbocycles. The summed E-state index contributed by atoms with van der Waals surface area (Å²) in [6.45, 7) is 8.07. The first-order chi connectivity index (χ1) is 13.0. The van der Waals surface area contributed by atoms with Gasteiger partial charge in [-0.25, -0.2) is 0 Å². The highest BCUT2D eigenvalue weighted by Crippen LogP contribution is 2.22. The lowest BCUT2D eigenvalue weighted by atomic mass is 10.1. The molecule has 0 aliphatic rings. The zero-order chi connectivity index (χ0) is 19.6. The molecule has 0 heterocycles. The fraction of sp³-hybridized carbons (Fsp3) is 0.364. The van der Waals surface area contributed by atoms with Gasteiger partial charge in [-0.1, -0.05) is 30.3 Å². The van der Waals surface area contributed by atoms with Crippen LogP contribution in [0.25, 0.3) is 0 Å². The van der Waals surface area contributed by atoms with E-state index < -0.39 is 0 Å². The van der Waals surface area contributed by atoms with Gasteiger partial charge in [0.2, 0.25) is 11.8 Å². The van der Waals surface area contributed by atoms with Crippen molar-refractivity contribution in [3.8, 4) is 0 Å².